The molecule has 1 aromatic carbocycles. The van der Waals surface area contributed by atoms with Gasteiger partial charge in [-0.2, -0.15) is 0 Å². The maximum Gasteiger partial charge on any atom is 0.119 e. The molecule has 0 unspecified atom stereocenters. The van der Waals surface area contributed by atoms with Gasteiger partial charge in [0, 0.05) is 0 Å². The molecule has 2 heteroatoms. The van der Waals surface area contributed by atoms with Gasteiger partial charge in [-0.25, -0.2) is 0 Å². The molecule has 0 amide bonds. The summed E-state index contributed by atoms with van der Waals surface area (Å²) in [6.07, 6.45) is 2.41. The molecule has 0 aromatic heterocycles. The maximum atomic E-state index is 5.24. The maximum absolute atomic E-state index is 5.24. The Balaban J connectivity index is 2.08. The number of benzene rings is 1. The van der Waals surface area contributed by atoms with Gasteiger partial charge < -0.3 is 9.64 Å². The number of methoxy groups -OCH3 is 1. The zero-order valence-electron chi connectivity index (χ0n) is 9.28. The molecule has 1 aromatic rings. The van der Waals surface area contributed by atoms with Gasteiger partial charge in [0.2, 0.25) is 0 Å². The molecular weight excluding hydrogens is 186 g/mol. The number of rotatable bonds is 2. The van der Waals surface area contributed by atoms with Crippen molar-refractivity contribution < 1.29 is 4.74 Å². The van der Waals surface area contributed by atoms with Gasteiger partial charge in [-0.05, 0) is 49.5 Å². The van der Waals surface area contributed by atoms with Crippen LogP contribution in [-0.2, 0) is 0 Å². The summed E-state index contributed by atoms with van der Waals surface area (Å²) in [4.78, 5) is 2.15. The first-order chi connectivity index (χ1) is 7.29. The Labute approximate surface area is 91.9 Å². The molecule has 82 valence electrons. The number of hydrogen-bond acceptors (Lipinski definition) is 2. The summed E-state index contributed by atoms with van der Waals surface area (Å²) in [6, 6.07) is 8.43. The van der Waals surface area contributed by atoms with Crippen molar-refractivity contribution in [2.45, 2.75) is 18.8 Å². The van der Waals surface area contributed by atoms with Crippen molar-refractivity contribution in [1.82, 2.24) is 4.90 Å². The topological polar surface area (TPSA) is 12.5 Å². The van der Waals surface area contributed by atoms with E-state index in [-0.39, 0.29) is 0 Å². The Morgan fingerprint density at radius 3 is 2.73 bits per heavy atom. The van der Waals surface area contributed by atoms with Crippen molar-refractivity contribution in [3.05, 3.63) is 36.9 Å². The fraction of sp³-hybridized carbons (Fsp3) is 0.462. The van der Waals surface area contributed by atoms with Gasteiger partial charge in [-0.3, -0.25) is 7.05 Å². The van der Waals surface area contributed by atoms with Gasteiger partial charge in [-0.15, -0.1) is 0 Å². The van der Waals surface area contributed by atoms with Crippen LogP contribution in [0.2, 0.25) is 0 Å². The van der Waals surface area contributed by atoms with Crippen molar-refractivity contribution in [1.29, 1.82) is 0 Å². The zero-order chi connectivity index (χ0) is 10.7. The molecular formula is C13H18NO-. The van der Waals surface area contributed by atoms with Crippen LogP contribution in [0.15, 0.2) is 24.3 Å². The molecule has 1 aliphatic rings. The summed E-state index contributed by atoms with van der Waals surface area (Å²) in [7, 11) is 5.69. The van der Waals surface area contributed by atoms with E-state index in [1.807, 2.05) is 6.07 Å². The number of ether oxygens (including phenoxy) is 1. The lowest BCUT2D eigenvalue weighted by atomic mass is 9.89. The second kappa shape index (κ2) is 4.67. The first-order valence-electron chi connectivity index (χ1n) is 5.49. The van der Waals surface area contributed by atoms with Crippen LogP contribution in [-0.4, -0.2) is 25.1 Å². The highest BCUT2D eigenvalue weighted by atomic mass is 16.5. The SMILES string of the molecule is [CH2-]N1CCC(c2cccc(OC)c2)CC1. The monoisotopic (exact) mass is 204 g/mol. The normalized spacial score (nSPS) is 19.1. The Bertz CT molecular complexity index is 316. The lowest BCUT2D eigenvalue weighted by molar-refractivity contribution is 0.280. The van der Waals surface area contributed by atoms with Gasteiger partial charge in [0.1, 0.15) is 5.75 Å². The third-order valence-electron chi connectivity index (χ3n) is 3.15. The molecule has 1 heterocycles. The largest absolute Gasteiger partial charge is 0.497 e. The molecule has 2 nitrogen and oxygen atoms in total. The molecule has 2 rings (SSSR count). The smallest absolute Gasteiger partial charge is 0.119 e. The molecule has 0 aliphatic carbocycles. The standard InChI is InChI=1S/C13H18NO/c1-14-8-6-11(7-9-14)12-4-3-5-13(10-12)15-2/h3-5,10-11H,1,6-9H2,2H3/q-1. The average molecular weight is 204 g/mol. The minimum atomic E-state index is 0.679. The number of likely N-dealkylation sites (tertiary alicyclic amines) is 1. The van der Waals surface area contributed by atoms with Crippen LogP contribution < -0.4 is 4.74 Å². The second-order valence-electron chi connectivity index (χ2n) is 4.17. The number of nitrogens with zero attached hydrogens (tertiary/aromatic N) is 1. The first kappa shape index (κ1) is 10.5. The van der Waals surface area contributed by atoms with Crippen LogP contribution in [0.25, 0.3) is 0 Å². The predicted molar refractivity (Wildman–Crippen MR) is 61.9 cm³/mol. The Morgan fingerprint density at radius 2 is 2.07 bits per heavy atom. The van der Waals surface area contributed by atoms with E-state index in [0.717, 1.165) is 18.8 Å². The molecule has 1 aliphatic heterocycles. The van der Waals surface area contributed by atoms with Crippen molar-refractivity contribution in [3.8, 4) is 5.75 Å². The van der Waals surface area contributed by atoms with E-state index in [2.05, 4.69) is 30.1 Å². The van der Waals surface area contributed by atoms with Gasteiger partial charge in [-0.1, -0.05) is 12.1 Å². The van der Waals surface area contributed by atoms with E-state index in [4.69, 9.17) is 4.74 Å². The Kier molecular flexibility index (Phi) is 3.27. The molecule has 0 atom stereocenters. The third kappa shape index (κ3) is 2.51. The van der Waals surface area contributed by atoms with Crippen LogP contribution in [0.3, 0.4) is 0 Å². The Hall–Kier alpha value is -1.02. The molecule has 0 N–H and O–H groups in total. The van der Waals surface area contributed by atoms with Crippen molar-refractivity contribution in [2.24, 2.45) is 0 Å². The number of hydrogen-bond donors (Lipinski definition) is 0. The highest BCUT2D eigenvalue weighted by Gasteiger charge is 2.16. The van der Waals surface area contributed by atoms with Gasteiger partial charge >= 0.3 is 0 Å². The summed E-state index contributed by atoms with van der Waals surface area (Å²) >= 11 is 0. The molecule has 15 heavy (non-hydrogen) atoms. The van der Waals surface area contributed by atoms with Crippen LogP contribution >= 0.6 is 0 Å². The van der Waals surface area contributed by atoms with E-state index < -0.39 is 0 Å². The minimum absolute atomic E-state index is 0.679. The van der Waals surface area contributed by atoms with Gasteiger partial charge in [0.15, 0.2) is 0 Å². The molecule has 0 saturated carbocycles. The van der Waals surface area contributed by atoms with E-state index in [0.29, 0.717) is 5.92 Å². The lowest BCUT2D eigenvalue weighted by Gasteiger charge is -2.34. The summed E-state index contributed by atoms with van der Waals surface area (Å²) in [6.45, 7) is 2.20. The predicted octanol–water partition coefficient (Wildman–Crippen LogP) is 2.67. The third-order valence-corrected chi connectivity index (χ3v) is 3.15. The summed E-state index contributed by atoms with van der Waals surface area (Å²) in [5.41, 5.74) is 1.41. The van der Waals surface area contributed by atoms with Gasteiger partial charge in [0.05, 0.1) is 7.11 Å². The highest BCUT2D eigenvalue weighted by molar-refractivity contribution is 5.31. The van der Waals surface area contributed by atoms with Crippen LogP contribution in [0.1, 0.15) is 24.3 Å². The van der Waals surface area contributed by atoms with Crippen molar-refractivity contribution in [3.63, 3.8) is 0 Å². The zero-order valence-corrected chi connectivity index (χ0v) is 9.28. The fourth-order valence-electron chi connectivity index (χ4n) is 2.16. The second-order valence-corrected chi connectivity index (χ2v) is 4.17. The molecule has 0 radical (unpaired) electrons. The van der Waals surface area contributed by atoms with Crippen molar-refractivity contribution in [2.75, 3.05) is 20.2 Å². The van der Waals surface area contributed by atoms with E-state index in [9.17, 15) is 0 Å². The highest BCUT2D eigenvalue weighted by Crippen LogP contribution is 2.29. The van der Waals surface area contributed by atoms with E-state index in [1.54, 1.807) is 7.11 Å². The average Bonchev–Trinajstić information content (AvgIpc) is 2.30. The van der Waals surface area contributed by atoms with Crippen molar-refractivity contribution >= 4 is 0 Å². The lowest BCUT2D eigenvalue weighted by Crippen LogP contribution is -2.27. The molecule has 1 fully saturated rings. The molecule has 0 spiro atoms. The van der Waals surface area contributed by atoms with Gasteiger partial charge in [0.25, 0.3) is 0 Å². The summed E-state index contributed by atoms with van der Waals surface area (Å²) in [5, 5.41) is 0. The number of piperidine rings is 1. The van der Waals surface area contributed by atoms with Crippen LogP contribution in [0.4, 0.5) is 0 Å². The quantitative estimate of drug-likeness (QED) is 0.687. The van der Waals surface area contributed by atoms with E-state index >= 15 is 0 Å². The fourth-order valence-corrected chi connectivity index (χ4v) is 2.16. The first-order valence-corrected chi connectivity index (χ1v) is 5.49. The van der Waals surface area contributed by atoms with Crippen LogP contribution in [0.5, 0.6) is 5.75 Å². The molecule has 0 bridgehead atoms. The molecule has 1 saturated heterocycles. The summed E-state index contributed by atoms with van der Waals surface area (Å²) < 4.78 is 5.24. The minimum Gasteiger partial charge on any atom is -0.497 e. The Morgan fingerprint density at radius 1 is 1.33 bits per heavy atom. The van der Waals surface area contributed by atoms with Crippen LogP contribution in [0, 0.1) is 7.05 Å². The summed E-state index contributed by atoms with van der Waals surface area (Å²) in [5.74, 6) is 1.64. The van der Waals surface area contributed by atoms with E-state index in [1.165, 1.54) is 18.4 Å².